The SMILES string of the molecule is C[C@@H](Nc1ccccc1C(=O)O)c1ccc(OC2CC2)c2c(=O)cc(N3CCC(C)(C)CC3)oc12. The molecule has 3 aromatic rings. The Labute approximate surface area is 204 Å². The van der Waals surface area contributed by atoms with Gasteiger partial charge >= 0.3 is 5.97 Å². The van der Waals surface area contributed by atoms with E-state index in [0.29, 0.717) is 28.3 Å². The lowest BCUT2D eigenvalue weighted by molar-refractivity contribution is 0.0698. The summed E-state index contributed by atoms with van der Waals surface area (Å²) in [7, 11) is 0. The van der Waals surface area contributed by atoms with Crippen molar-refractivity contribution in [1.82, 2.24) is 0 Å². The molecule has 7 heteroatoms. The van der Waals surface area contributed by atoms with Gasteiger partial charge in [0.2, 0.25) is 0 Å². The molecule has 1 aliphatic heterocycles. The van der Waals surface area contributed by atoms with E-state index >= 15 is 0 Å². The highest BCUT2D eigenvalue weighted by molar-refractivity contribution is 5.94. The zero-order valence-electron chi connectivity index (χ0n) is 20.5. The number of benzene rings is 2. The number of rotatable bonds is 7. The number of piperidine rings is 1. The summed E-state index contributed by atoms with van der Waals surface area (Å²) < 4.78 is 12.5. The van der Waals surface area contributed by atoms with E-state index in [4.69, 9.17) is 9.15 Å². The molecule has 2 heterocycles. The quantitative estimate of drug-likeness (QED) is 0.443. The number of hydrogen-bond acceptors (Lipinski definition) is 6. The highest BCUT2D eigenvalue weighted by Crippen LogP contribution is 2.38. The normalized spacial score (nSPS) is 18.3. The maximum Gasteiger partial charge on any atom is 0.337 e. The summed E-state index contributed by atoms with van der Waals surface area (Å²) in [5, 5.41) is 13.3. The van der Waals surface area contributed by atoms with Crippen LogP contribution in [0.4, 0.5) is 11.6 Å². The Bertz CT molecular complexity index is 1310. The number of para-hydroxylation sites is 1. The summed E-state index contributed by atoms with van der Waals surface area (Å²) in [5.74, 6) is 0.116. The third kappa shape index (κ3) is 4.85. The van der Waals surface area contributed by atoms with Gasteiger partial charge in [0.1, 0.15) is 16.7 Å². The van der Waals surface area contributed by atoms with E-state index in [1.54, 1.807) is 30.3 Å². The van der Waals surface area contributed by atoms with E-state index in [9.17, 15) is 14.7 Å². The van der Waals surface area contributed by atoms with Crippen LogP contribution in [0.2, 0.25) is 0 Å². The minimum atomic E-state index is -1.000. The molecule has 35 heavy (non-hydrogen) atoms. The van der Waals surface area contributed by atoms with Crippen molar-refractivity contribution in [3.05, 3.63) is 63.8 Å². The van der Waals surface area contributed by atoms with Gasteiger partial charge in [-0.3, -0.25) is 4.79 Å². The van der Waals surface area contributed by atoms with E-state index < -0.39 is 5.97 Å². The van der Waals surface area contributed by atoms with E-state index in [0.717, 1.165) is 44.3 Å². The Morgan fingerprint density at radius 1 is 1.17 bits per heavy atom. The molecule has 1 aromatic heterocycles. The van der Waals surface area contributed by atoms with Crippen LogP contribution in [0, 0.1) is 5.41 Å². The van der Waals surface area contributed by atoms with Crippen LogP contribution in [0.5, 0.6) is 5.75 Å². The number of carboxylic acids is 1. The Morgan fingerprint density at radius 3 is 2.57 bits per heavy atom. The number of anilines is 2. The molecule has 5 rings (SSSR count). The maximum atomic E-state index is 13.4. The average molecular weight is 477 g/mol. The largest absolute Gasteiger partial charge is 0.490 e. The zero-order chi connectivity index (χ0) is 24.7. The monoisotopic (exact) mass is 476 g/mol. The summed E-state index contributed by atoms with van der Waals surface area (Å²) in [6, 6.07) is 11.8. The van der Waals surface area contributed by atoms with Crippen LogP contribution in [0.3, 0.4) is 0 Å². The molecule has 1 aliphatic carbocycles. The predicted octanol–water partition coefficient (Wildman–Crippen LogP) is 5.83. The van der Waals surface area contributed by atoms with Crippen molar-refractivity contribution in [3.63, 3.8) is 0 Å². The molecule has 1 saturated heterocycles. The molecule has 2 aromatic carbocycles. The summed E-state index contributed by atoms with van der Waals surface area (Å²) in [6.07, 6.45) is 4.16. The molecule has 0 bridgehead atoms. The van der Waals surface area contributed by atoms with Crippen LogP contribution in [0.1, 0.15) is 68.4 Å². The van der Waals surface area contributed by atoms with Crippen LogP contribution in [-0.4, -0.2) is 30.3 Å². The van der Waals surface area contributed by atoms with Gasteiger partial charge in [0, 0.05) is 30.4 Å². The summed E-state index contributed by atoms with van der Waals surface area (Å²) >= 11 is 0. The molecule has 2 N–H and O–H groups in total. The van der Waals surface area contributed by atoms with Crippen molar-refractivity contribution in [1.29, 1.82) is 0 Å². The molecular weight excluding hydrogens is 444 g/mol. The van der Waals surface area contributed by atoms with Crippen LogP contribution < -0.4 is 20.4 Å². The molecule has 0 amide bonds. The van der Waals surface area contributed by atoms with Gasteiger partial charge in [-0.2, -0.15) is 0 Å². The minimum Gasteiger partial charge on any atom is -0.490 e. The lowest BCUT2D eigenvalue weighted by Crippen LogP contribution is -2.37. The molecule has 0 radical (unpaired) electrons. The first-order valence-corrected chi connectivity index (χ1v) is 12.3. The molecule has 2 fully saturated rings. The molecule has 7 nitrogen and oxygen atoms in total. The Kier molecular flexibility index (Phi) is 5.95. The second-order valence-electron chi connectivity index (χ2n) is 10.5. The van der Waals surface area contributed by atoms with Crippen molar-refractivity contribution < 1.29 is 19.1 Å². The number of aromatic carboxylic acids is 1. The van der Waals surface area contributed by atoms with Gasteiger partial charge in [-0.15, -0.1) is 0 Å². The third-order valence-electron chi connectivity index (χ3n) is 7.10. The van der Waals surface area contributed by atoms with Gasteiger partial charge < -0.3 is 24.5 Å². The van der Waals surface area contributed by atoms with Gasteiger partial charge in [-0.05, 0) is 62.3 Å². The topological polar surface area (TPSA) is 92.0 Å². The van der Waals surface area contributed by atoms with Crippen molar-refractivity contribution in [3.8, 4) is 5.75 Å². The second-order valence-corrected chi connectivity index (χ2v) is 10.5. The van der Waals surface area contributed by atoms with Crippen LogP contribution >= 0.6 is 0 Å². The van der Waals surface area contributed by atoms with Gasteiger partial charge in [0.25, 0.3) is 0 Å². The molecule has 2 aliphatic rings. The van der Waals surface area contributed by atoms with Gasteiger partial charge in [-0.1, -0.05) is 26.0 Å². The molecule has 0 unspecified atom stereocenters. The number of hydrogen-bond donors (Lipinski definition) is 2. The lowest BCUT2D eigenvalue weighted by Gasteiger charge is -2.37. The Balaban J connectivity index is 1.57. The number of nitrogens with zero attached hydrogens (tertiary/aromatic N) is 1. The van der Waals surface area contributed by atoms with Crippen molar-refractivity contribution in [2.75, 3.05) is 23.3 Å². The lowest BCUT2D eigenvalue weighted by atomic mass is 9.83. The fourth-order valence-electron chi connectivity index (χ4n) is 4.64. The minimum absolute atomic E-state index is 0.123. The number of nitrogens with one attached hydrogen (secondary N) is 1. The van der Waals surface area contributed by atoms with Crippen molar-refractivity contribution >= 4 is 28.5 Å². The molecule has 1 atom stereocenters. The van der Waals surface area contributed by atoms with Gasteiger partial charge in [-0.25, -0.2) is 4.79 Å². The maximum absolute atomic E-state index is 13.4. The Hall–Kier alpha value is -3.48. The number of ether oxygens (including phenoxy) is 1. The fourth-order valence-corrected chi connectivity index (χ4v) is 4.64. The first-order chi connectivity index (χ1) is 16.7. The second kappa shape index (κ2) is 8.95. The van der Waals surface area contributed by atoms with Gasteiger partial charge in [0.15, 0.2) is 11.3 Å². The van der Waals surface area contributed by atoms with Crippen LogP contribution in [-0.2, 0) is 0 Å². The van der Waals surface area contributed by atoms with Crippen LogP contribution in [0.25, 0.3) is 11.0 Å². The predicted molar refractivity (Wildman–Crippen MR) is 137 cm³/mol. The van der Waals surface area contributed by atoms with E-state index in [1.165, 1.54) is 0 Å². The first-order valence-electron chi connectivity index (χ1n) is 12.3. The summed E-state index contributed by atoms with van der Waals surface area (Å²) in [5.41, 5.74) is 2.12. The molecule has 0 spiro atoms. The third-order valence-corrected chi connectivity index (χ3v) is 7.10. The number of carboxylic acid groups (broad SMARTS) is 1. The van der Waals surface area contributed by atoms with Crippen molar-refractivity contribution in [2.24, 2.45) is 5.41 Å². The summed E-state index contributed by atoms with van der Waals surface area (Å²) in [4.78, 5) is 27.2. The van der Waals surface area contributed by atoms with E-state index in [1.807, 2.05) is 19.1 Å². The standard InChI is InChI=1S/C28H32N2O5/c1-17(29-21-7-5-4-6-20(21)27(32)33)19-10-11-23(34-18-8-9-18)25-22(31)16-24(35-26(19)25)30-14-12-28(2,3)13-15-30/h4-7,10-11,16-18,29H,8-9,12-15H2,1-3H3,(H,32,33)/t17-/m1/s1. The van der Waals surface area contributed by atoms with Crippen molar-refractivity contribution in [2.45, 2.75) is 58.6 Å². The fraction of sp³-hybridized carbons (Fsp3) is 0.429. The highest BCUT2D eigenvalue weighted by atomic mass is 16.5. The first kappa shape index (κ1) is 23.3. The van der Waals surface area contributed by atoms with E-state index in [-0.39, 0.29) is 28.6 Å². The highest BCUT2D eigenvalue weighted by Gasteiger charge is 2.29. The summed E-state index contributed by atoms with van der Waals surface area (Å²) in [6.45, 7) is 8.13. The smallest absolute Gasteiger partial charge is 0.337 e. The number of fused-ring (bicyclic) bond motifs is 1. The molecule has 1 saturated carbocycles. The number of carbonyl (C=O) groups is 1. The average Bonchev–Trinajstić information content (AvgIpc) is 3.63. The Morgan fingerprint density at radius 2 is 1.89 bits per heavy atom. The zero-order valence-corrected chi connectivity index (χ0v) is 20.5. The molecule has 184 valence electrons. The van der Waals surface area contributed by atoms with Crippen LogP contribution in [0.15, 0.2) is 51.7 Å². The van der Waals surface area contributed by atoms with Gasteiger partial charge in [0.05, 0.1) is 17.7 Å². The van der Waals surface area contributed by atoms with E-state index in [2.05, 4.69) is 24.1 Å². The molecular formula is C28H32N2O5.